The fourth-order valence-corrected chi connectivity index (χ4v) is 3.17. The summed E-state index contributed by atoms with van der Waals surface area (Å²) in [6.45, 7) is 0. The molecule has 0 radical (unpaired) electrons. The SMILES string of the molecule is Clc1cccc(-c2ccc(CBr)s2)c1Cl. The Hall–Kier alpha value is -0.0200. The molecule has 1 aromatic carbocycles. The predicted octanol–water partition coefficient (Wildman–Crippen LogP) is 5.62. The van der Waals surface area contributed by atoms with E-state index in [9.17, 15) is 0 Å². The van der Waals surface area contributed by atoms with Gasteiger partial charge < -0.3 is 0 Å². The number of hydrogen-bond donors (Lipinski definition) is 0. The quantitative estimate of drug-likeness (QED) is 0.630. The second-order valence-corrected chi connectivity index (χ2v) is 5.52. The maximum absolute atomic E-state index is 6.14. The Labute approximate surface area is 111 Å². The average Bonchev–Trinajstić information content (AvgIpc) is 2.70. The van der Waals surface area contributed by atoms with Crippen LogP contribution in [0.15, 0.2) is 30.3 Å². The fraction of sp³-hybridized carbons (Fsp3) is 0.0909. The van der Waals surface area contributed by atoms with Gasteiger partial charge in [-0.1, -0.05) is 51.3 Å². The molecule has 0 atom stereocenters. The van der Waals surface area contributed by atoms with Crippen molar-refractivity contribution in [1.29, 1.82) is 0 Å². The van der Waals surface area contributed by atoms with Crippen molar-refractivity contribution in [2.45, 2.75) is 5.33 Å². The molecule has 0 saturated heterocycles. The second-order valence-electron chi connectivity index (χ2n) is 3.00. The van der Waals surface area contributed by atoms with E-state index < -0.39 is 0 Å². The van der Waals surface area contributed by atoms with Crippen molar-refractivity contribution in [2.75, 3.05) is 0 Å². The molecule has 15 heavy (non-hydrogen) atoms. The molecule has 0 N–H and O–H groups in total. The molecule has 0 unspecified atom stereocenters. The summed E-state index contributed by atoms with van der Waals surface area (Å²) in [4.78, 5) is 2.43. The van der Waals surface area contributed by atoms with Gasteiger partial charge in [-0.2, -0.15) is 0 Å². The van der Waals surface area contributed by atoms with E-state index in [2.05, 4.69) is 28.1 Å². The molecule has 1 aromatic heterocycles. The molecule has 0 fully saturated rings. The van der Waals surface area contributed by atoms with Gasteiger partial charge in [0.15, 0.2) is 0 Å². The van der Waals surface area contributed by atoms with Crippen molar-refractivity contribution in [3.05, 3.63) is 45.3 Å². The zero-order valence-corrected chi connectivity index (χ0v) is 11.6. The van der Waals surface area contributed by atoms with E-state index in [1.165, 1.54) is 4.88 Å². The van der Waals surface area contributed by atoms with E-state index in [0.29, 0.717) is 10.0 Å². The highest BCUT2D eigenvalue weighted by atomic mass is 79.9. The number of thiophene rings is 1. The van der Waals surface area contributed by atoms with Gasteiger partial charge in [-0.3, -0.25) is 0 Å². The van der Waals surface area contributed by atoms with Crippen LogP contribution in [0.5, 0.6) is 0 Å². The largest absolute Gasteiger partial charge is 0.139 e. The van der Waals surface area contributed by atoms with Crippen molar-refractivity contribution in [1.82, 2.24) is 0 Å². The topological polar surface area (TPSA) is 0 Å². The van der Waals surface area contributed by atoms with Gasteiger partial charge in [0.2, 0.25) is 0 Å². The lowest BCUT2D eigenvalue weighted by atomic mass is 10.2. The van der Waals surface area contributed by atoms with Crippen LogP contribution in [0.4, 0.5) is 0 Å². The van der Waals surface area contributed by atoms with Crippen LogP contribution in [0.1, 0.15) is 4.88 Å². The first kappa shape index (κ1) is 11.5. The van der Waals surface area contributed by atoms with E-state index in [1.807, 2.05) is 12.1 Å². The van der Waals surface area contributed by atoms with E-state index >= 15 is 0 Å². The van der Waals surface area contributed by atoms with E-state index in [4.69, 9.17) is 23.2 Å². The minimum atomic E-state index is 0.600. The van der Waals surface area contributed by atoms with Crippen LogP contribution < -0.4 is 0 Å². The maximum atomic E-state index is 6.14. The van der Waals surface area contributed by atoms with Crippen LogP contribution in [0.3, 0.4) is 0 Å². The fourth-order valence-electron chi connectivity index (χ4n) is 1.29. The molecule has 0 aliphatic heterocycles. The molecule has 0 amide bonds. The molecule has 0 nitrogen and oxygen atoms in total. The molecule has 0 bridgehead atoms. The molecular formula is C11H7BrCl2S. The Kier molecular flexibility index (Phi) is 3.73. The van der Waals surface area contributed by atoms with Gasteiger partial charge in [0.05, 0.1) is 10.0 Å². The smallest absolute Gasteiger partial charge is 0.0678 e. The first-order valence-corrected chi connectivity index (χ1v) is 7.01. The van der Waals surface area contributed by atoms with Gasteiger partial charge in [-0.25, -0.2) is 0 Å². The highest BCUT2D eigenvalue weighted by molar-refractivity contribution is 9.08. The van der Waals surface area contributed by atoms with E-state index in [0.717, 1.165) is 15.8 Å². The van der Waals surface area contributed by atoms with Gasteiger partial charge in [0.25, 0.3) is 0 Å². The Bertz CT molecular complexity index is 479. The van der Waals surface area contributed by atoms with Gasteiger partial charge in [0.1, 0.15) is 0 Å². The van der Waals surface area contributed by atoms with Crippen LogP contribution in [0, 0.1) is 0 Å². The summed E-state index contributed by atoms with van der Waals surface area (Å²) >= 11 is 17.3. The summed E-state index contributed by atoms with van der Waals surface area (Å²) in [6.07, 6.45) is 0. The number of alkyl halides is 1. The summed E-state index contributed by atoms with van der Waals surface area (Å²) in [5.41, 5.74) is 1.00. The molecule has 0 aliphatic carbocycles. The zero-order valence-electron chi connectivity index (χ0n) is 7.64. The lowest BCUT2D eigenvalue weighted by molar-refractivity contribution is 1.59. The van der Waals surface area contributed by atoms with Crippen LogP contribution in [0.25, 0.3) is 10.4 Å². The molecule has 0 spiro atoms. The van der Waals surface area contributed by atoms with Gasteiger partial charge in [-0.15, -0.1) is 11.3 Å². The summed E-state index contributed by atoms with van der Waals surface area (Å²) in [5.74, 6) is 0. The Balaban J connectivity index is 2.49. The minimum absolute atomic E-state index is 0.600. The van der Waals surface area contributed by atoms with Crippen molar-refractivity contribution in [3.8, 4) is 10.4 Å². The van der Waals surface area contributed by atoms with E-state index in [-0.39, 0.29) is 0 Å². The van der Waals surface area contributed by atoms with Crippen molar-refractivity contribution in [2.24, 2.45) is 0 Å². The number of hydrogen-bond acceptors (Lipinski definition) is 1. The molecule has 2 aromatic rings. The first-order valence-electron chi connectivity index (χ1n) is 4.31. The number of rotatable bonds is 2. The molecule has 0 aliphatic rings. The minimum Gasteiger partial charge on any atom is -0.139 e. The highest BCUT2D eigenvalue weighted by Gasteiger charge is 2.08. The zero-order chi connectivity index (χ0) is 10.8. The summed E-state index contributed by atoms with van der Waals surface area (Å²) in [5, 5.41) is 2.10. The van der Waals surface area contributed by atoms with Gasteiger partial charge in [0, 0.05) is 20.6 Å². The van der Waals surface area contributed by atoms with Gasteiger partial charge in [-0.05, 0) is 18.2 Å². The predicted molar refractivity (Wildman–Crippen MR) is 72.4 cm³/mol. The Morgan fingerprint density at radius 3 is 2.60 bits per heavy atom. The third kappa shape index (κ3) is 2.39. The van der Waals surface area contributed by atoms with E-state index in [1.54, 1.807) is 17.4 Å². The summed E-state index contributed by atoms with van der Waals surface area (Å²) in [7, 11) is 0. The second kappa shape index (κ2) is 4.88. The monoisotopic (exact) mass is 320 g/mol. The Morgan fingerprint density at radius 1 is 1.13 bits per heavy atom. The van der Waals surface area contributed by atoms with Crippen LogP contribution in [-0.2, 0) is 5.33 Å². The third-order valence-corrected chi connectivity index (χ3v) is 4.92. The molecule has 4 heteroatoms. The number of benzene rings is 1. The van der Waals surface area contributed by atoms with Crippen molar-refractivity contribution < 1.29 is 0 Å². The lowest BCUT2D eigenvalue weighted by Crippen LogP contribution is -1.75. The summed E-state index contributed by atoms with van der Waals surface area (Å²) < 4.78 is 0. The summed E-state index contributed by atoms with van der Waals surface area (Å²) in [6, 6.07) is 9.85. The maximum Gasteiger partial charge on any atom is 0.0678 e. The number of halogens is 3. The van der Waals surface area contributed by atoms with Crippen LogP contribution >= 0.6 is 50.5 Å². The molecule has 1 heterocycles. The lowest BCUT2D eigenvalue weighted by Gasteiger charge is -2.02. The molecule has 0 saturated carbocycles. The molecular weight excluding hydrogens is 315 g/mol. The Morgan fingerprint density at radius 2 is 1.93 bits per heavy atom. The first-order chi connectivity index (χ1) is 7.22. The van der Waals surface area contributed by atoms with Crippen molar-refractivity contribution >= 4 is 50.5 Å². The molecule has 2 rings (SSSR count). The highest BCUT2D eigenvalue weighted by Crippen LogP contribution is 2.37. The van der Waals surface area contributed by atoms with Crippen molar-refractivity contribution in [3.63, 3.8) is 0 Å². The van der Waals surface area contributed by atoms with Gasteiger partial charge >= 0.3 is 0 Å². The normalized spacial score (nSPS) is 10.6. The third-order valence-electron chi connectivity index (χ3n) is 2.01. The molecule has 78 valence electrons. The standard InChI is InChI=1S/C11H7BrCl2S/c12-6-7-4-5-10(15-7)8-2-1-3-9(13)11(8)14/h1-5H,6H2. The average molecular weight is 322 g/mol. The van der Waals surface area contributed by atoms with Crippen LogP contribution in [0.2, 0.25) is 10.0 Å². The van der Waals surface area contributed by atoms with Crippen LogP contribution in [-0.4, -0.2) is 0 Å².